The van der Waals surface area contributed by atoms with E-state index in [0.717, 1.165) is 24.8 Å². The maximum Gasteiger partial charge on any atom is 0.310 e. The van der Waals surface area contributed by atoms with Crippen molar-refractivity contribution in [1.29, 1.82) is 0 Å². The zero-order valence-corrected chi connectivity index (χ0v) is 14.3. The minimum atomic E-state index is -3.54. The van der Waals surface area contributed by atoms with Crippen LogP contribution in [0.3, 0.4) is 0 Å². The van der Waals surface area contributed by atoms with Gasteiger partial charge in [0.1, 0.15) is 0 Å². The Bertz CT molecular complexity index is 699. The van der Waals surface area contributed by atoms with E-state index in [1.807, 2.05) is 12.1 Å². The first kappa shape index (κ1) is 16.5. The standard InChI is InChI=1S/C17H23NO4S/c1-2-22-17(19)15-7-4-10-18(12-15)23(20,21)16-9-8-13-5-3-6-14(13)11-16/h8-9,11,15H,2-7,10,12H2,1H3. The molecule has 0 radical (unpaired) electrons. The summed E-state index contributed by atoms with van der Waals surface area (Å²) in [6.45, 7) is 2.78. The SMILES string of the molecule is CCOC(=O)C1CCCN(S(=O)(=O)c2ccc3c(c2)CCC3)C1. The lowest BCUT2D eigenvalue weighted by molar-refractivity contribution is -0.149. The van der Waals surface area contributed by atoms with E-state index in [2.05, 4.69) is 0 Å². The second-order valence-electron chi connectivity index (χ2n) is 6.24. The van der Waals surface area contributed by atoms with Gasteiger partial charge in [-0.3, -0.25) is 4.79 Å². The van der Waals surface area contributed by atoms with Gasteiger partial charge in [0.25, 0.3) is 0 Å². The van der Waals surface area contributed by atoms with Gasteiger partial charge in [0.05, 0.1) is 17.4 Å². The monoisotopic (exact) mass is 337 g/mol. The van der Waals surface area contributed by atoms with Crippen molar-refractivity contribution < 1.29 is 17.9 Å². The molecule has 5 nitrogen and oxygen atoms in total. The Kier molecular flexibility index (Phi) is 4.73. The Hall–Kier alpha value is -1.40. The number of sulfonamides is 1. The number of hydrogen-bond donors (Lipinski definition) is 0. The average molecular weight is 337 g/mol. The number of rotatable bonds is 4. The minimum absolute atomic E-state index is 0.220. The number of hydrogen-bond acceptors (Lipinski definition) is 4. The summed E-state index contributed by atoms with van der Waals surface area (Å²) in [7, 11) is -3.54. The van der Waals surface area contributed by atoms with Gasteiger partial charge in [0.2, 0.25) is 10.0 Å². The smallest absolute Gasteiger partial charge is 0.310 e. The third-order valence-corrected chi connectivity index (χ3v) is 6.57. The van der Waals surface area contributed by atoms with Gasteiger partial charge < -0.3 is 4.74 Å². The van der Waals surface area contributed by atoms with Gasteiger partial charge in [-0.25, -0.2) is 8.42 Å². The third kappa shape index (κ3) is 3.28. The second kappa shape index (κ2) is 6.61. The van der Waals surface area contributed by atoms with Crippen LogP contribution in [-0.4, -0.2) is 38.4 Å². The summed E-state index contributed by atoms with van der Waals surface area (Å²) in [5.41, 5.74) is 2.40. The van der Waals surface area contributed by atoms with Crippen LogP contribution < -0.4 is 0 Å². The van der Waals surface area contributed by atoms with Gasteiger partial charge in [0, 0.05) is 13.1 Å². The largest absolute Gasteiger partial charge is 0.466 e. The van der Waals surface area contributed by atoms with E-state index < -0.39 is 10.0 Å². The molecule has 1 aromatic rings. The predicted molar refractivity (Wildman–Crippen MR) is 86.6 cm³/mol. The van der Waals surface area contributed by atoms with Gasteiger partial charge >= 0.3 is 5.97 Å². The van der Waals surface area contributed by atoms with Gasteiger partial charge in [-0.15, -0.1) is 0 Å². The maximum atomic E-state index is 12.9. The molecule has 1 unspecified atom stereocenters. The highest BCUT2D eigenvalue weighted by Crippen LogP contribution is 2.28. The topological polar surface area (TPSA) is 63.7 Å². The van der Waals surface area contributed by atoms with Crippen molar-refractivity contribution in [2.24, 2.45) is 5.92 Å². The Morgan fingerprint density at radius 2 is 2.04 bits per heavy atom. The average Bonchev–Trinajstić information content (AvgIpc) is 3.03. The molecule has 0 spiro atoms. The highest BCUT2D eigenvalue weighted by Gasteiger charge is 2.34. The van der Waals surface area contributed by atoms with Crippen molar-refractivity contribution in [3.05, 3.63) is 29.3 Å². The molecule has 1 fully saturated rings. The van der Waals surface area contributed by atoms with Gasteiger partial charge in [-0.1, -0.05) is 6.07 Å². The number of nitrogens with zero attached hydrogens (tertiary/aromatic N) is 1. The molecule has 3 rings (SSSR count). The van der Waals surface area contributed by atoms with E-state index >= 15 is 0 Å². The molecule has 1 saturated heterocycles. The quantitative estimate of drug-likeness (QED) is 0.790. The number of esters is 1. The first-order chi connectivity index (χ1) is 11.0. The molecule has 0 bridgehead atoms. The second-order valence-corrected chi connectivity index (χ2v) is 8.18. The van der Waals surface area contributed by atoms with Crippen molar-refractivity contribution in [2.45, 2.75) is 43.9 Å². The van der Waals surface area contributed by atoms with E-state index in [-0.39, 0.29) is 18.4 Å². The van der Waals surface area contributed by atoms with Gasteiger partial charge in [0.15, 0.2) is 0 Å². The number of benzene rings is 1. The minimum Gasteiger partial charge on any atom is -0.466 e. The first-order valence-electron chi connectivity index (χ1n) is 8.31. The molecule has 1 aliphatic heterocycles. The van der Waals surface area contributed by atoms with E-state index in [9.17, 15) is 13.2 Å². The molecule has 1 aromatic carbocycles. The zero-order chi connectivity index (χ0) is 16.4. The lowest BCUT2D eigenvalue weighted by atomic mass is 10.0. The van der Waals surface area contributed by atoms with E-state index in [1.165, 1.54) is 9.87 Å². The Labute approximate surface area is 137 Å². The van der Waals surface area contributed by atoms with Crippen molar-refractivity contribution in [3.8, 4) is 0 Å². The highest BCUT2D eigenvalue weighted by molar-refractivity contribution is 7.89. The van der Waals surface area contributed by atoms with E-state index in [1.54, 1.807) is 13.0 Å². The van der Waals surface area contributed by atoms with Gasteiger partial charge in [-0.2, -0.15) is 4.31 Å². The molecule has 1 aliphatic carbocycles. The number of piperidine rings is 1. The number of carbonyl (C=O) groups excluding carboxylic acids is 1. The molecule has 0 aromatic heterocycles. The maximum absolute atomic E-state index is 12.9. The summed E-state index contributed by atoms with van der Waals surface area (Å²) in [5.74, 6) is -0.644. The number of fused-ring (bicyclic) bond motifs is 1. The molecular weight excluding hydrogens is 314 g/mol. The Morgan fingerprint density at radius 3 is 2.83 bits per heavy atom. The van der Waals surface area contributed by atoms with Crippen LogP contribution in [0.2, 0.25) is 0 Å². The molecule has 0 saturated carbocycles. The van der Waals surface area contributed by atoms with Gasteiger partial charge in [-0.05, 0) is 62.3 Å². The lowest BCUT2D eigenvalue weighted by Crippen LogP contribution is -2.42. The molecule has 2 aliphatic rings. The summed E-state index contributed by atoms with van der Waals surface area (Å²) in [6, 6.07) is 5.45. The van der Waals surface area contributed by atoms with Crippen LogP contribution in [-0.2, 0) is 32.4 Å². The van der Waals surface area contributed by atoms with Crippen molar-refractivity contribution in [1.82, 2.24) is 4.31 Å². The fraction of sp³-hybridized carbons (Fsp3) is 0.588. The van der Waals surface area contributed by atoms with Crippen LogP contribution in [0.5, 0.6) is 0 Å². The van der Waals surface area contributed by atoms with Crippen LogP contribution in [0.1, 0.15) is 37.3 Å². The predicted octanol–water partition coefficient (Wildman–Crippen LogP) is 2.14. The van der Waals surface area contributed by atoms with Crippen LogP contribution in [0.4, 0.5) is 0 Å². The van der Waals surface area contributed by atoms with Crippen molar-refractivity contribution in [2.75, 3.05) is 19.7 Å². The molecule has 23 heavy (non-hydrogen) atoms. The third-order valence-electron chi connectivity index (χ3n) is 4.71. The van der Waals surface area contributed by atoms with Crippen molar-refractivity contribution in [3.63, 3.8) is 0 Å². The lowest BCUT2D eigenvalue weighted by Gasteiger charge is -2.30. The molecule has 0 N–H and O–H groups in total. The fourth-order valence-electron chi connectivity index (χ4n) is 3.47. The molecule has 1 heterocycles. The first-order valence-corrected chi connectivity index (χ1v) is 9.75. The van der Waals surface area contributed by atoms with Crippen molar-refractivity contribution >= 4 is 16.0 Å². The Morgan fingerprint density at radius 1 is 1.26 bits per heavy atom. The number of aryl methyl sites for hydroxylation is 2. The molecule has 1 atom stereocenters. The normalized spacial score (nSPS) is 21.9. The zero-order valence-electron chi connectivity index (χ0n) is 13.5. The number of carbonyl (C=O) groups is 1. The summed E-state index contributed by atoms with van der Waals surface area (Å²) < 4.78 is 32.3. The van der Waals surface area contributed by atoms with E-state index in [0.29, 0.717) is 30.9 Å². The Balaban J connectivity index is 1.80. The molecule has 0 amide bonds. The van der Waals surface area contributed by atoms with Crippen LogP contribution in [0, 0.1) is 5.92 Å². The number of ether oxygens (including phenoxy) is 1. The van der Waals surface area contributed by atoms with Crippen LogP contribution in [0.15, 0.2) is 23.1 Å². The molecule has 126 valence electrons. The molecule has 6 heteroatoms. The highest BCUT2D eigenvalue weighted by atomic mass is 32.2. The molecular formula is C17H23NO4S. The fourth-order valence-corrected chi connectivity index (χ4v) is 5.05. The summed E-state index contributed by atoms with van der Waals surface area (Å²) in [5, 5.41) is 0. The summed E-state index contributed by atoms with van der Waals surface area (Å²) >= 11 is 0. The summed E-state index contributed by atoms with van der Waals surface area (Å²) in [4.78, 5) is 12.3. The van der Waals surface area contributed by atoms with E-state index in [4.69, 9.17) is 4.74 Å². The van der Waals surface area contributed by atoms with Crippen LogP contribution in [0.25, 0.3) is 0 Å². The summed E-state index contributed by atoms with van der Waals surface area (Å²) in [6.07, 6.45) is 4.45. The van der Waals surface area contributed by atoms with Crippen LogP contribution >= 0.6 is 0 Å².